The Morgan fingerprint density at radius 2 is 2.09 bits per heavy atom. The van der Waals surface area contributed by atoms with Gasteiger partial charge in [-0.15, -0.1) is 0 Å². The van der Waals surface area contributed by atoms with Crippen molar-refractivity contribution in [2.24, 2.45) is 0 Å². The summed E-state index contributed by atoms with van der Waals surface area (Å²) >= 11 is 0. The first-order valence-electron chi connectivity index (χ1n) is 3.05. The second-order valence-electron chi connectivity index (χ2n) is 2.27. The molecule has 0 aliphatic heterocycles. The van der Waals surface area contributed by atoms with Crippen LogP contribution in [0.5, 0.6) is 0 Å². The summed E-state index contributed by atoms with van der Waals surface area (Å²) in [4.78, 5) is 3.85. The van der Waals surface area contributed by atoms with Crippen LogP contribution in [0.4, 0.5) is 0 Å². The number of hydrogen-bond donors (Lipinski definition) is 0. The first-order chi connectivity index (χ1) is 4.30. The Morgan fingerprint density at radius 1 is 1.45 bits per heavy atom. The van der Waals surface area contributed by atoms with Gasteiger partial charge in [0.1, 0.15) is 0 Å². The predicted octanol–water partition coefficient (Wildman–Crippen LogP) is 1.80. The molecule has 3 heteroatoms. The van der Waals surface area contributed by atoms with Crippen molar-refractivity contribution < 1.29 is 19.5 Å². The molecule has 0 fully saturated rings. The van der Waals surface area contributed by atoms with Gasteiger partial charge in [0.2, 0.25) is 0 Å². The molecule has 0 saturated heterocycles. The van der Waals surface area contributed by atoms with Gasteiger partial charge in [0.15, 0.2) is 0 Å². The van der Waals surface area contributed by atoms with Crippen molar-refractivity contribution >= 4 is 0 Å². The van der Waals surface area contributed by atoms with E-state index in [4.69, 9.17) is 0 Å². The van der Waals surface area contributed by atoms with E-state index in [1.165, 1.54) is 0 Å². The van der Waals surface area contributed by atoms with Crippen LogP contribution in [0, 0.1) is 12.3 Å². The van der Waals surface area contributed by atoms with Crippen LogP contribution in [0.2, 0.25) is 0 Å². The quantitative estimate of drug-likeness (QED) is 0.434. The molecule has 0 saturated carbocycles. The van der Waals surface area contributed by atoms with Crippen LogP contribution >= 0.6 is 0 Å². The Kier molecular flexibility index (Phi) is 6.28. The second kappa shape index (κ2) is 5.55. The van der Waals surface area contributed by atoms with Gasteiger partial charge in [0.05, 0.1) is 0 Å². The van der Waals surface area contributed by atoms with E-state index in [1.54, 1.807) is 6.20 Å². The number of pyridine rings is 1. The zero-order valence-corrected chi connectivity index (χ0v) is 14.8. The van der Waals surface area contributed by atoms with Gasteiger partial charge in [0.25, 0.3) is 0 Å². The van der Waals surface area contributed by atoms with Gasteiger partial charge in [-0.05, 0) is 0 Å². The molecule has 1 rings (SSSR count). The summed E-state index contributed by atoms with van der Waals surface area (Å²) in [5.41, 5.74) is 1.05. The SMILES string of the molecule is CC(C)c1[c-]ccn[c-]1.[Rf].[Rh]. The molecule has 0 unspecified atom stereocenters. The summed E-state index contributed by atoms with van der Waals surface area (Å²) in [7, 11) is 0. The fourth-order valence-electron chi connectivity index (χ4n) is 0.599. The van der Waals surface area contributed by atoms with Crippen LogP contribution in [0.15, 0.2) is 12.3 Å². The summed E-state index contributed by atoms with van der Waals surface area (Å²) in [6.07, 6.45) is 4.55. The largest absolute Gasteiger partial charge is 0.528 e. The third kappa shape index (κ3) is 3.47. The molecule has 1 aromatic heterocycles. The Labute approximate surface area is 74.6 Å². The monoisotopic (exact) mass is 489 g/mol. The van der Waals surface area contributed by atoms with Gasteiger partial charge in [-0.25, -0.2) is 6.20 Å². The summed E-state index contributed by atoms with van der Waals surface area (Å²) in [6, 6.07) is 4.86. The molecule has 1 nitrogen and oxygen atoms in total. The molecule has 11 heavy (non-hydrogen) atoms. The topological polar surface area (TPSA) is 12.9 Å². The minimum atomic E-state index is 0. The molecule has 0 aliphatic rings. The van der Waals surface area contributed by atoms with Crippen molar-refractivity contribution in [1.82, 2.24) is 4.98 Å². The summed E-state index contributed by atoms with van der Waals surface area (Å²) < 4.78 is 0. The number of hydrogen-bond acceptors (Lipinski definition) is 1. The van der Waals surface area contributed by atoms with Crippen LogP contribution in [0.1, 0.15) is 25.3 Å². The van der Waals surface area contributed by atoms with Crippen molar-refractivity contribution in [2.75, 3.05) is 0 Å². The molecule has 0 aliphatic carbocycles. The van der Waals surface area contributed by atoms with E-state index in [0.29, 0.717) is 5.92 Å². The van der Waals surface area contributed by atoms with Gasteiger partial charge in [-0.2, -0.15) is 0 Å². The third-order valence-electron chi connectivity index (χ3n) is 1.15. The van der Waals surface area contributed by atoms with E-state index in [1.807, 2.05) is 6.07 Å². The van der Waals surface area contributed by atoms with E-state index in [-0.39, 0.29) is 19.5 Å². The van der Waals surface area contributed by atoms with Crippen molar-refractivity contribution in [3.63, 3.8) is 0 Å². The third-order valence-corrected chi connectivity index (χ3v) is 1.15. The molecule has 0 N–H and O–H groups in total. The van der Waals surface area contributed by atoms with Crippen LogP contribution < -0.4 is 0 Å². The number of nitrogens with zero attached hydrogens (tertiary/aromatic N) is 1. The van der Waals surface area contributed by atoms with Crippen molar-refractivity contribution in [3.05, 3.63) is 30.1 Å². The van der Waals surface area contributed by atoms with Gasteiger partial charge in [0, 0.05) is 19.5 Å². The van der Waals surface area contributed by atoms with E-state index in [0.717, 1.165) is 5.56 Å². The summed E-state index contributed by atoms with van der Waals surface area (Å²) in [5, 5.41) is 0. The van der Waals surface area contributed by atoms with E-state index in [2.05, 4.69) is 31.1 Å². The Balaban J connectivity index is 0. The maximum Gasteiger partial charge on any atom is 0 e. The molecule has 0 atom stereocenters. The molecule has 0 aromatic carbocycles. The Bertz CT molecular complexity index is 177. The first kappa shape index (κ1) is 12.4. The van der Waals surface area contributed by atoms with Crippen LogP contribution in [-0.4, -0.2) is 4.98 Å². The molecule has 0 spiro atoms. The zero-order chi connectivity index (χ0) is 6.69. The molecule has 0 amide bonds. The predicted molar refractivity (Wildman–Crippen MR) is 36.0 cm³/mol. The average Bonchev–Trinajstić information content (AvgIpc) is 1.90. The molecular formula is C8H9NRfRh-2. The summed E-state index contributed by atoms with van der Waals surface area (Å²) in [6.45, 7) is 4.20. The Hall–Kier alpha value is -1.23. The van der Waals surface area contributed by atoms with Crippen LogP contribution in [-0.2, 0) is 19.5 Å². The van der Waals surface area contributed by atoms with Crippen molar-refractivity contribution in [2.45, 2.75) is 19.8 Å². The molecule has 1 heterocycles. The van der Waals surface area contributed by atoms with Crippen molar-refractivity contribution in [3.8, 4) is 0 Å². The molecule has 1 radical (unpaired) electrons. The number of aromatic nitrogens is 1. The van der Waals surface area contributed by atoms with Gasteiger partial charge in [-0.3, -0.25) is 17.8 Å². The maximum atomic E-state index is 3.85. The van der Waals surface area contributed by atoms with Crippen LogP contribution in [0.25, 0.3) is 0 Å². The van der Waals surface area contributed by atoms with E-state index < -0.39 is 0 Å². The normalized spacial score (nSPS) is 8.27. The van der Waals surface area contributed by atoms with Crippen LogP contribution in [0.3, 0.4) is 0 Å². The fraction of sp³-hybridized carbons (Fsp3) is 0.375. The average molecular weight is 489 g/mol. The molecule has 0 bridgehead atoms. The maximum absolute atomic E-state index is 3.85. The second-order valence-corrected chi connectivity index (χ2v) is 2.27. The summed E-state index contributed by atoms with van der Waals surface area (Å²) in [5.74, 6) is 0.485. The zero-order valence-electron chi connectivity index (χ0n) is 6.72. The fourth-order valence-corrected chi connectivity index (χ4v) is 0.599. The minimum absolute atomic E-state index is 0. The van der Waals surface area contributed by atoms with E-state index >= 15 is 0 Å². The molecular weight excluding hydrogens is 480 g/mol. The standard InChI is InChI=1S/C8H9N.Rf.Rh/c1-7(2)8-4-3-5-9-6-8;;/h3,5,7H,1-2H3;;/q-2;;. The van der Waals surface area contributed by atoms with E-state index in [9.17, 15) is 0 Å². The minimum Gasteiger partial charge on any atom is -0.528 e. The van der Waals surface area contributed by atoms with Crippen molar-refractivity contribution in [1.29, 1.82) is 0 Å². The smallest absolute Gasteiger partial charge is 0 e. The van der Waals surface area contributed by atoms with Gasteiger partial charge >= 0.3 is 0 Å². The Morgan fingerprint density at radius 3 is 2.36 bits per heavy atom. The molecule has 59 valence electrons. The number of rotatable bonds is 1. The van der Waals surface area contributed by atoms with Gasteiger partial charge < -0.3 is 11.1 Å². The van der Waals surface area contributed by atoms with Gasteiger partial charge in [-0.1, -0.05) is 19.8 Å². The molecule has 1 aromatic rings. The first-order valence-corrected chi connectivity index (χ1v) is 3.05.